The first kappa shape index (κ1) is 23.9. The Hall–Kier alpha value is -3.23. The summed E-state index contributed by atoms with van der Waals surface area (Å²) in [5.74, 6) is -0.668. The Morgan fingerprint density at radius 2 is 2.03 bits per heavy atom. The molecule has 0 saturated carbocycles. The van der Waals surface area contributed by atoms with Crippen molar-refractivity contribution < 1.29 is 9.18 Å². The molecule has 1 aliphatic rings. The van der Waals surface area contributed by atoms with E-state index in [4.69, 9.17) is 11.6 Å². The van der Waals surface area contributed by atoms with E-state index in [0.29, 0.717) is 41.5 Å². The minimum atomic E-state index is -0.498. The van der Waals surface area contributed by atoms with Gasteiger partial charge in [0.1, 0.15) is 5.82 Å². The Morgan fingerprint density at radius 3 is 2.68 bits per heavy atom. The summed E-state index contributed by atoms with van der Waals surface area (Å²) in [7, 11) is 0. The van der Waals surface area contributed by atoms with Gasteiger partial charge in [0.15, 0.2) is 0 Å². The molecule has 4 rings (SSSR count). The van der Waals surface area contributed by atoms with Gasteiger partial charge in [-0.3, -0.25) is 24.6 Å². The SMILES string of the molecule is C=c1[nH]n(-c2ccc(F)cc2Cl)c(=O)/c1=C(\CN1CCCC1)N(CCc1ccccn1)C(C)=O. The first-order valence-electron chi connectivity index (χ1n) is 11.2. The summed E-state index contributed by atoms with van der Waals surface area (Å²) in [6, 6.07) is 9.47. The fraction of sp³-hybridized carbons (Fsp3) is 0.320. The fourth-order valence-corrected chi connectivity index (χ4v) is 4.57. The number of rotatable bonds is 7. The number of pyridine rings is 1. The number of nitrogens with one attached hydrogen (secondary N) is 1. The van der Waals surface area contributed by atoms with Crippen LogP contribution in [-0.4, -0.2) is 56.7 Å². The fourth-order valence-electron chi connectivity index (χ4n) is 4.32. The van der Waals surface area contributed by atoms with Crippen LogP contribution in [0.2, 0.25) is 5.02 Å². The minimum Gasteiger partial charge on any atom is -0.314 e. The molecule has 0 radical (unpaired) electrons. The van der Waals surface area contributed by atoms with E-state index in [1.807, 2.05) is 18.2 Å². The predicted octanol–water partition coefficient (Wildman–Crippen LogP) is 2.06. The first-order valence-corrected chi connectivity index (χ1v) is 11.6. The molecule has 0 unspecified atom stereocenters. The summed E-state index contributed by atoms with van der Waals surface area (Å²) < 4.78 is 14.8. The van der Waals surface area contributed by atoms with Gasteiger partial charge in [-0.25, -0.2) is 9.07 Å². The van der Waals surface area contributed by atoms with Gasteiger partial charge in [0.2, 0.25) is 5.91 Å². The third-order valence-electron chi connectivity index (χ3n) is 6.00. The third kappa shape index (κ3) is 5.13. The molecule has 9 heteroatoms. The summed E-state index contributed by atoms with van der Waals surface area (Å²) in [4.78, 5) is 34.6. The number of hydrogen-bond acceptors (Lipinski definition) is 4. The maximum Gasteiger partial charge on any atom is 0.280 e. The topological polar surface area (TPSA) is 74.2 Å². The highest BCUT2D eigenvalue weighted by atomic mass is 35.5. The first-order chi connectivity index (χ1) is 16.3. The number of benzene rings is 1. The minimum absolute atomic E-state index is 0.0922. The van der Waals surface area contributed by atoms with Crippen molar-refractivity contribution in [3.05, 3.63) is 80.1 Å². The van der Waals surface area contributed by atoms with Crippen LogP contribution in [0.4, 0.5) is 4.39 Å². The van der Waals surface area contributed by atoms with Crippen molar-refractivity contribution in [1.82, 2.24) is 24.6 Å². The molecule has 3 aromatic rings. The Morgan fingerprint density at radius 1 is 1.26 bits per heavy atom. The van der Waals surface area contributed by atoms with Crippen LogP contribution in [0.5, 0.6) is 0 Å². The third-order valence-corrected chi connectivity index (χ3v) is 6.30. The summed E-state index contributed by atoms with van der Waals surface area (Å²) in [6.45, 7) is 8.14. The number of aromatic amines is 1. The van der Waals surface area contributed by atoms with E-state index in [1.54, 1.807) is 11.1 Å². The molecule has 1 aliphatic heterocycles. The van der Waals surface area contributed by atoms with Crippen molar-refractivity contribution in [2.45, 2.75) is 26.2 Å². The van der Waals surface area contributed by atoms with Crippen LogP contribution in [0.1, 0.15) is 25.5 Å². The zero-order valence-electron chi connectivity index (χ0n) is 19.1. The highest BCUT2D eigenvalue weighted by molar-refractivity contribution is 6.32. The van der Waals surface area contributed by atoms with Crippen LogP contribution in [-0.2, 0) is 11.2 Å². The smallest absolute Gasteiger partial charge is 0.280 e. The molecule has 3 heterocycles. The van der Waals surface area contributed by atoms with Gasteiger partial charge in [-0.2, -0.15) is 0 Å². The van der Waals surface area contributed by atoms with Crippen LogP contribution in [0.25, 0.3) is 18.0 Å². The molecule has 1 N–H and O–H groups in total. The number of aromatic nitrogens is 3. The monoisotopic (exact) mass is 483 g/mol. The summed E-state index contributed by atoms with van der Waals surface area (Å²) in [5.41, 5.74) is 1.37. The highest BCUT2D eigenvalue weighted by Gasteiger charge is 2.23. The Balaban J connectivity index is 1.84. The summed E-state index contributed by atoms with van der Waals surface area (Å²) >= 11 is 6.22. The van der Waals surface area contributed by atoms with Crippen LogP contribution in [0.15, 0.2) is 47.4 Å². The van der Waals surface area contributed by atoms with Crippen molar-refractivity contribution in [2.24, 2.45) is 0 Å². The number of nitrogens with zero attached hydrogens (tertiary/aromatic N) is 4. The van der Waals surface area contributed by atoms with E-state index in [2.05, 4.69) is 21.6 Å². The zero-order valence-corrected chi connectivity index (χ0v) is 19.8. The molecule has 1 aromatic carbocycles. The van der Waals surface area contributed by atoms with Crippen LogP contribution < -0.4 is 16.1 Å². The van der Waals surface area contributed by atoms with Gasteiger partial charge in [0, 0.05) is 44.0 Å². The predicted molar refractivity (Wildman–Crippen MR) is 131 cm³/mol. The number of amides is 1. The number of likely N-dealkylation sites (tertiary alicyclic amines) is 1. The lowest BCUT2D eigenvalue weighted by Crippen LogP contribution is -2.46. The van der Waals surface area contributed by atoms with E-state index in [-0.39, 0.29) is 10.9 Å². The van der Waals surface area contributed by atoms with E-state index < -0.39 is 11.4 Å². The molecule has 1 fully saturated rings. The van der Waals surface area contributed by atoms with E-state index in [0.717, 1.165) is 37.7 Å². The normalized spacial score (nSPS) is 14.9. The van der Waals surface area contributed by atoms with Crippen LogP contribution in [0.3, 0.4) is 0 Å². The number of halogens is 2. The second-order valence-electron chi connectivity index (χ2n) is 8.37. The lowest BCUT2D eigenvalue weighted by atomic mass is 10.2. The molecule has 34 heavy (non-hydrogen) atoms. The molecule has 178 valence electrons. The van der Waals surface area contributed by atoms with Crippen LogP contribution >= 0.6 is 11.6 Å². The van der Waals surface area contributed by atoms with E-state index in [9.17, 15) is 14.0 Å². The molecule has 7 nitrogen and oxygen atoms in total. The Bertz CT molecular complexity index is 1350. The van der Waals surface area contributed by atoms with Crippen molar-refractivity contribution in [2.75, 3.05) is 26.2 Å². The number of H-pyrrole nitrogens is 1. The second-order valence-corrected chi connectivity index (χ2v) is 8.78. The van der Waals surface area contributed by atoms with Gasteiger partial charge >= 0.3 is 0 Å². The number of carbonyl (C=O) groups is 1. The molecular weight excluding hydrogens is 457 g/mol. The van der Waals surface area contributed by atoms with Gasteiger partial charge in [-0.1, -0.05) is 24.2 Å². The molecule has 0 aliphatic carbocycles. The molecule has 2 aromatic heterocycles. The number of carbonyl (C=O) groups excluding carboxylic acids is 1. The van der Waals surface area contributed by atoms with Gasteiger partial charge in [0.05, 0.1) is 21.3 Å². The van der Waals surface area contributed by atoms with Crippen molar-refractivity contribution in [3.63, 3.8) is 0 Å². The molecular formula is C25H27ClFN5O2. The Labute approximate surface area is 201 Å². The maximum absolute atomic E-state index is 13.6. The standard InChI is InChI=1S/C25H27ClFN5O2/c1-17-24(25(34)32(29-17)22-9-8-19(27)15-21(22)26)23(16-30-12-5-6-13-30)31(18(2)33)14-10-20-7-3-4-11-28-20/h3-4,7-9,11,15,29H,1,5-6,10,12-14,16H2,2H3/b24-23+. The summed E-state index contributed by atoms with van der Waals surface area (Å²) in [5, 5.41) is 3.74. The molecule has 0 atom stereocenters. The number of hydrogen-bond donors (Lipinski definition) is 1. The lowest BCUT2D eigenvalue weighted by Gasteiger charge is -2.27. The quantitative estimate of drug-likeness (QED) is 0.558. The average molecular weight is 484 g/mol. The average Bonchev–Trinajstić information content (AvgIpc) is 3.41. The highest BCUT2D eigenvalue weighted by Crippen LogP contribution is 2.19. The lowest BCUT2D eigenvalue weighted by molar-refractivity contribution is -0.125. The zero-order chi connectivity index (χ0) is 24.2. The largest absolute Gasteiger partial charge is 0.314 e. The molecule has 0 spiro atoms. The van der Waals surface area contributed by atoms with Gasteiger partial charge < -0.3 is 4.90 Å². The molecule has 1 amide bonds. The van der Waals surface area contributed by atoms with Crippen molar-refractivity contribution in [3.8, 4) is 5.69 Å². The Kier molecular flexibility index (Phi) is 7.29. The van der Waals surface area contributed by atoms with Gasteiger partial charge in [0.25, 0.3) is 5.56 Å². The van der Waals surface area contributed by atoms with Gasteiger partial charge in [-0.15, -0.1) is 0 Å². The van der Waals surface area contributed by atoms with Gasteiger partial charge in [-0.05, 0) is 56.3 Å². The molecule has 0 bridgehead atoms. The maximum atomic E-state index is 13.6. The van der Waals surface area contributed by atoms with E-state index >= 15 is 0 Å². The molecule has 1 saturated heterocycles. The van der Waals surface area contributed by atoms with E-state index in [1.165, 1.54) is 23.7 Å². The second kappa shape index (κ2) is 10.4. The van der Waals surface area contributed by atoms with Crippen LogP contribution in [0, 0.1) is 5.82 Å². The van der Waals surface area contributed by atoms with Crippen molar-refractivity contribution in [1.29, 1.82) is 0 Å². The van der Waals surface area contributed by atoms with Crippen molar-refractivity contribution >= 4 is 29.8 Å². The summed E-state index contributed by atoms with van der Waals surface area (Å²) in [6.07, 6.45) is 4.40.